The number of methoxy groups -OCH3 is 2. The first-order chi connectivity index (χ1) is 10.3. The van der Waals surface area contributed by atoms with Crippen LogP contribution in [0, 0.1) is 0 Å². The van der Waals surface area contributed by atoms with E-state index in [1.807, 2.05) is 0 Å². The van der Waals surface area contributed by atoms with E-state index < -0.39 is 15.8 Å². The minimum absolute atomic E-state index is 0.0235. The molecule has 0 aliphatic rings. The number of benzene rings is 1. The summed E-state index contributed by atoms with van der Waals surface area (Å²) in [6, 6.07) is 4.17. The number of carbonyl (C=O) groups is 1. The quantitative estimate of drug-likeness (QED) is 0.847. The normalized spacial score (nSPS) is 11.2. The lowest BCUT2D eigenvalue weighted by Gasteiger charge is -2.14. The highest BCUT2D eigenvalue weighted by Crippen LogP contribution is 2.41. The van der Waals surface area contributed by atoms with Gasteiger partial charge in [0.05, 0.1) is 19.9 Å². The van der Waals surface area contributed by atoms with Crippen molar-refractivity contribution in [1.82, 2.24) is 10.2 Å². The lowest BCUT2D eigenvalue weighted by molar-refractivity contribution is 0.0690. The van der Waals surface area contributed by atoms with Crippen molar-refractivity contribution in [2.24, 2.45) is 0 Å². The number of carboxylic acid groups (broad SMARTS) is 1. The van der Waals surface area contributed by atoms with E-state index in [1.54, 1.807) is 0 Å². The summed E-state index contributed by atoms with van der Waals surface area (Å²) in [7, 11) is -0.830. The first-order valence-corrected chi connectivity index (χ1v) is 7.92. The zero-order chi connectivity index (χ0) is 16.5. The van der Waals surface area contributed by atoms with Gasteiger partial charge in [-0.25, -0.2) is 13.2 Å². The largest absolute Gasteiger partial charge is 0.492 e. The Balaban J connectivity index is 2.69. The average molecular weight is 326 g/mol. The van der Waals surface area contributed by atoms with Gasteiger partial charge in [0.25, 0.3) is 0 Å². The van der Waals surface area contributed by atoms with Gasteiger partial charge in [0.1, 0.15) is 10.6 Å². The van der Waals surface area contributed by atoms with Gasteiger partial charge in [-0.2, -0.15) is 5.10 Å². The van der Waals surface area contributed by atoms with Gasteiger partial charge in [0.15, 0.2) is 21.3 Å². The molecule has 2 aromatic rings. The molecule has 0 bridgehead atoms. The second-order valence-corrected chi connectivity index (χ2v) is 6.41. The summed E-state index contributed by atoms with van der Waals surface area (Å²) in [5.41, 5.74) is 0.617. The second-order valence-electron chi connectivity index (χ2n) is 4.42. The molecule has 1 aromatic carbocycles. The van der Waals surface area contributed by atoms with Crippen LogP contribution in [0.5, 0.6) is 11.5 Å². The number of hydrogen-bond acceptors (Lipinski definition) is 6. The van der Waals surface area contributed by atoms with Crippen molar-refractivity contribution in [2.45, 2.75) is 4.90 Å². The molecule has 0 saturated carbocycles. The van der Waals surface area contributed by atoms with Gasteiger partial charge >= 0.3 is 5.97 Å². The van der Waals surface area contributed by atoms with Gasteiger partial charge in [-0.1, -0.05) is 0 Å². The molecule has 1 aromatic heterocycles. The first kappa shape index (κ1) is 15.8. The molecule has 8 nitrogen and oxygen atoms in total. The monoisotopic (exact) mass is 326 g/mol. The molecule has 22 heavy (non-hydrogen) atoms. The van der Waals surface area contributed by atoms with Crippen molar-refractivity contribution < 1.29 is 27.8 Å². The van der Waals surface area contributed by atoms with Crippen LogP contribution >= 0.6 is 0 Å². The molecule has 0 saturated heterocycles. The highest BCUT2D eigenvalue weighted by molar-refractivity contribution is 7.90. The second kappa shape index (κ2) is 5.68. The predicted octanol–water partition coefficient (Wildman–Crippen LogP) is 1.20. The fourth-order valence-corrected chi connectivity index (χ4v) is 2.83. The van der Waals surface area contributed by atoms with Gasteiger partial charge < -0.3 is 14.6 Å². The van der Waals surface area contributed by atoms with Crippen molar-refractivity contribution in [3.8, 4) is 22.8 Å². The Kier molecular flexibility index (Phi) is 4.09. The summed E-state index contributed by atoms with van der Waals surface area (Å²) >= 11 is 0. The third-order valence-corrected chi connectivity index (χ3v) is 4.09. The lowest BCUT2D eigenvalue weighted by atomic mass is 10.1. The number of H-pyrrole nitrogens is 1. The zero-order valence-corrected chi connectivity index (χ0v) is 12.9. The minimum Gasteiger partial charge on any atom is -0.492 e. The van der Waals surface area contributed by atoms with Gasteiger partial charge in [-0.15, -0.1) is 0 Å². The van der Waals surface area contributed by atoms with Crippen LogP contribution in [0.1, 0.15) is 10.5 Å². The summed E-state index contributed by atoms with van der Waals surface area (Å²) in [6.45, 7) is 0. The van der Waals surface area contributed by atoms with Gasteiger partial charge in [-0.3, -0.25) is 5.10 Å². The van der Waals surface area contributed by atoms with Crippen LogP contribution in [0.2, 0.25) is 0 Å². The highest BCUT2D eigenvalue weighted by Gasteiger charge is 2.23. The maximum Gasteiger partial charge on any atom is 0.353 e. The van der Waals surface area contributed by atoms with Gasteiger partial charge in [-0.05, 0) is 18.2 Å². The zero-order valence-electron chi connectivity index (χ0n) is 12.1. The smallest absolute Gasteiger partial charge is 0.353 e. The van der Waals surface area contributed by atoms with E-state index in [0.717, 1.165) is 6.26 Å². The topological polar surface area (TPSA) is 119 Å². The molecule has 0 amide bonds. The number of nitrogens with zero attached hydrogens (tertiary/aromatic N) is 1. The summed E-state index contributed by atoms with van der Waals surface area (Å²) in [5.74, 6) is -0.950. The Hall–Kier alpha value is -2.55. The van der Waals surface area contributed by atoms with E-state index >= 15 is 0 Å². The molecule has 1 heterocycles. The van der Waals surface area contributed by atoms with Gasteiger partial charge in [0, 0.05) is 11.8 Å². The number of carboxylic acids is 1. The molecule has 0 aliphatic heterocycles. The van der Waals surface area contributed by atoms with Crippen LogP contribution in [0.25, 0.3) is 11.3 Å². The Morgan fingerprint density at radius 2 is 1.86 bits per heavy atom. The molecular formula is C13H14N2O6S. The van der Waals surface area contributed by atoms with Crippen LogP contribution in [-0.4, -0.2) is 50.2 Å². The third-order valence-electron chi connectivity index (χ3n) is 2.97. The third kappa shape index (κ3) is 2.75. The summed E-state index contributed by atoms with van der Waals surface area (Å²) in [6.07, 6.45) is 1.06. The van der Waals surface area contributed by atoms with Crippen LogP contribution in [0.15, 0.2) is 23.1 Å². The number of rotatable bonds is 5. The number of aromatic amines is 1. The van der Waals surface area contributed by atoms with E-state index in [-0.39, 0.29) is 22.1 Å². The molecule has 0 unspecified atom stereocenters. The number of sulfone groups is 1. The van der Waals surface area contributed by atoms with Crippen LogP contribution in [0.3, 0.4) is 0 Å². The fourth-order valence-electron chi connectivity index (χ4n) is 2.00. The van der Waals surface area contributed by atoms with Crippen molar-refractivity contribution in [1.29, 1.82) is 0 Å². The van der Waals surface area contributed by atoms with E-state index in [0.29, 0.717) is 11.3 Å². The molecular weight excluding hydrogens is 312 g/mol. The molecule has 118 valence electrons. The minimum atomic E-state index is -3.51. The van der Waals surface area contributed by atoms with Crippen molar-refractivity contribution in [2.75, 3.05) is 20.5 Å². The Morgan fingerprint density at radius 1 is 1.23 bits per heavy atom. The summed E-state index contributed by atoms with van der Waals surface area (Å²) in [4.78, 5) is 10.9. The molecule has 2 N–H and O–H groups in total. The number of hydrogen-bond donors (Lipinski definition) is 2. The molecule has 2 rings (SSSR count). The number of nitrogens with one attached hydrogen (secondary N) is 1. The van der Waals surface area contributed by atoms with Crippen LogP contribution in [0.4, 0.5) is 0 Å². The van der Waals surface area contributed by atoms with E-state index in [2.05, 4.69) is 10.2 Å². The maximum atomic E-state index is 11.8. The Bertz CT molecular complexity index is 825. The molecule has 0 spiro atoms. The van der Waals surface area contributed by atoms with Gasteiger partial charge in [0.2, 0.25) is 0 Å². The summed E-state index contributed by atoms with van der Waals surface area (Å²) < 4.78 is 34.0. The molecule has 0 fully saturated rings. The predicted molar refractivity (Wildman–Crippen MR) is 77.2 cm³/mol. The fraction of sp³-hybridized carbons (Fsp3) is 0.231. The average Bonchev–Trinajstić information content (AvgIpc) is 2.94. The number of aromatic carboxylic acids is 1. The molecule has 0 aliphatic carbocycles. The first-order valence-electron chi connectivity index (χ1n) is 6.03. The van der Waals surface area contributed by atoms with E-state index in [1.165, 1.54) is 32.4 Å². The van der Waals surface area contributed by atoms with Crippen LogP contribution < -0.4 is 9.47 Å². The lowest BCUT2D eigenvalue weighted by Crippen LogP contribution is -2.03. The number of ether oxygens (including phenoxy) is 2. The van der Waals surface area contributed by atoms with Crippen LogP contribution in [-0.2, 0) is 9.84 Å². The molecule has 9 heteroatoms. The van der Waals surface area contributed by atoms with E-state index in [9.17, 15) is 13.2 Å². The van der Waals surface area contributed by atoms with Crippen molar-refractivity contribution in [3.63, 3.8) is 0 Å². The van der Waals surface area contributed by atoms with Crippen molar-refractivity contribution in [3.05, 3.63) is 23.9 Å². The molecule has 0 radical (unpaired) electrons. The standard InChI is InChI=1S/C13H14N2O6S/c1-20-11-7(8-6-9(13(16)17)15-14-8)4-5-10(12(11)21-2)22(3,18)19/h4-6H,1-3H3,(H,14,15)(H,16,17). The highest BCUT2D eigenvalue weighted by atomic mass is 32.2. The molecule has 0 atom stereocenters. The van der Waals surface area contributed by atoms with Crippen molar-refractivity contribution >= 4 is 15.8 Å². The maximum absolute atomic E-state index is 11.8. The Morgan fingerprint density at radius 3 is 2.32 bits per heavy atom. The number of aromatic nitrogens is 2. The summed E-state index contributed by atoms with van der Waals surface area (Å²) in [5, 5.41) is 15.2. The SMILES string of the molecule is COc1c(-c2cc(C(=O)O)[nH]n2)ccc(S(C)(=O)=O)c1OC. The Labute approximate surface area is 126 Å². The van der Waals surface area contributed by atoms with E-state index in [4.69, 9.17) is 14.6 Å².